The Labute approximate surface area is 47.4 Å². The van der Waals surface area contributed by atoms with Gasteiger partial charge in [0.1, 0.15) is 0 Å². The van der Waals surface area contributed by atoms with Crippen LogP contribution in [-0.4, -0.2) is 17.4 Å². The monoisotopic (exact) mass is 113 g/mol. The minimum absolute atomic E-state index is 0.506. The predicted molar refractivity (Wildman–Crippen MR) is 31.3 cm³/mol. The Hall–Kier alpha value is -1.12. The lowest BCUT2D eigenvalue weighted by atomic mass is 10.5. The molecule has 0 aromatic heterocycles. The third-order valence-electron chi connectivity index (χ3n) is 0.474. The predicted octanol–water partition coefficient (Wildman–Crippen LogP) is 1.31. The molecule has 0 atom stereocenters. The van der Waals surface area contributed by atoms with Gasteiger partial charge < -0.3 is 5.11 Å². The second-order valence-electron chi connectivity index (χ2n) is 1.12. The molecule has 0 radical (unpaired) electrons. The molecule has 8 heavy (non-hydrogen) atoms. The van der Waals surface area contributed by atoms with Gasteiger partial charge in [-0.05, 0) is 0 Å². The van der Waals surface area contributed by atoms with Gasteiger partial charge >= 0.3 is 6.09 Å². The Morgan fingerprint density at radius 3 is 2.88 bits per heavy atom. The average Bonchev–Trinajstić information content (AvgIpc) is 1.66. The standard InChI is InChI=1S/C5H7NO2/c1-2-3-4-6-5(7)8/h2,4H,1,3H2,(H,7,8). The number of allylic oxidation sites excluding steroid dienone is 1. The fourth-order valence-corrected chi connectivity index (χ4v) is 0.205. The SMILES string of the molecule is C=CCC=NC(=O)O. The summed E-state index contributed by atoms with van der Waals surface area (Å²) < 4.78 is 0. The third-order valence-corrected chi connectivity index (χ3v) is 0.474. The Kier molecular flexibility index (Phi) is 3.48. The summed E-state index contributed by atoms with van der Waals surface area (Å²) in [5.74, 6) is 0. The molecule has 0 rings (SSSR count). The van der Waals surface area contributed by atoms with Crippen molar-refractivity contribution in [3.05, 3.63) is 12.7 Å². The molecule has 0 unspecified atom stereocenters. The van der Waals surface area contributed by atoms with Gasteiger partial charge in [-0.25, -0.2) is 4.79 Å². The highest BCUT2D eigenvalue weighted by atomic mass is 16.4. The molecule has 0 fully saturated rings. The number of carbonyl (C=O) groups is 1. The van der Waals surface area contributed by atoms with E-state index in [1.54, 1.807) is 6.08 Å². The first-order valence-electron chi connectivity index (χ1n) is 2.13. The summed E-state index contributed by atoms with van der Waals surface area (Å²) >= 11 is 0. The first-order valence-corrected chi connectivity index (χ1v) is 2.13. The molecule has 44 valence electrons. The molecule has 0 aromatic carbocycles. The summed E-state index contributed by atoms with van der Waals surface area (Å²) in [5.41, 5.74) is 0. The topological polar surface area (TPSA) is 49.7 Å². The molecule has 0 aliphatic rings. The van der Waals surface area contributed by atoms with E-state index < -0.39 is 6.09 Å². The highest BCUT2D eigenvalue weighted by Crippen LogP contribution is 1.74. The molecule has 0 saturated carbocycles. The second kappa shape index (κ2) is 4.05. The first-order chi connectivity index (χ1) is 3.77. The maximum absolute atomic E-state index is 9.64. The fourth-order valence-electron chi connectivity index (χ4n) is 0.205. The summed E-state index contributed by atoms with van der Waals surface area (Å²) in [5, 5.41) is 7.91. The number of hydrogen-bond acceptors (Lipinski definition) is 1. The van der Waals surface area contributed by atoms with Crippen molar-refractivity contribution in [1.29, 1.82) is 0 Å². The molecule has 0 spiro atoms. The van der Waals surface area contributed by atoms with E-state index >= 15 is 0 Å². The average molecular weight is 113 g/mol. The molecule has 0 bridgehead atoms. The van der Waals surface area contributed by atoms with Crippen molar-refractivity contribution in [3.63, 3.8) is 0 Å². The molecular formula is C5H7NO2. The van der Waals surface area contributed by atoms with Crippen molar-refractivity contribution >= 4 is 12.3 Å². The highest BCUT2D eigenvalue weighted by Gasteiger charge is 1.81. The minimum Gasteiger partial charge on any atom is -0.463 e. The normalized spacial score (nSPS) is 9.50. The number of hydrogen-bond donors (Lipinski definition) is 1. The lowest BCUT2D eigenvalue weighted by Gasteiger charge is -1.75. The molecule has 0 heterocycles. The van der Waals surface area contributed by atoms with E-state index in [1.165, 1.54) is 6.21 Å². The molecule has 3 nitrogen and oxygen atoms in total. The van der Waals surface area contributed by atoms with Crippen LogP contribution < -0.4 is 0 Å². The van der Waals surface area contributed by atoms with Crippen molar-refractivity contribution in [2.24, 2.45) is 4.99 Å². The largest absolute Gasteiger partial charge is 0.463 e. The third kappa shape index (κ3) is 4.88. The van der Waals surface area contributed by atoms with Crippen LogP contribution >= 0.6 is 0 Å². The number of carboxylic acid groups (broad SMARTS) is 1. The van der Waals surface area contributed by atoms with Gasteiger partial charge in [-0.15, -0.1) is 6.58 Å². The van der Waals surface area contributed by atoms with Gasteiger partial charge in [0.05, 0.1) is 0 Å². The zero-order valence-corrected chi connectivity index (χ0v) is 4.37. The highest BCUT2D eigenvalue weighted by molar-refractivity contribution is 5.78. The van der Waals surface area contributed by atoms with Crippen LogP contribution in [0.2, 0.25) is 0 Å². The van der Waals surface area contributed by atoms with Gasteiger partial charge in [0.2, 0.25) is 0 Å². The molecule has 0 aliphatic carbocycles. The van der Waals surface area contributed by atoms with E-state index in [1.807, 2.05) is 0 Å². The fraction of sp³-hybridized carbons (Fsp3) is 0.200. The molecule has 0 aliphatic heterocycles. The van der Waals surface area contributed by atoms with Gasteiger partial charge in [0.25, 0.3) is 0 Å². The Morgan fingerprint density at radius 2 is 2.50 bits per heavy atom. The Morgan fingerprint density at radius 1 is 1.88 bits per heavy atom. The van der Waals surface area contributed by atoms with Crippen LogP contribution in [0.1, 0.15) is 6.42 Å². The van der Waals surface area contributed by atoms with Gasteiger partial charge in [0, 0.05) is 12.6 Å². The lowest BCUT2D eigenvalue weighted by molar-refractivity contribution is 0.206. The zero-order valence-electron chi connectivity index (χ0n) is 4.37. The quantitative estimate of drug-likeness (QED) is 0.433. The van der Waals surface area contributed by atoms with E-state index in [-0.39, 0.29) is 0 Å². The molecular weight excluding hydrogens is 106 g/mol. The van der Waals surface area contributed by atoms with Crippen LogP contribution in [0.15, 0.2) is 17.6 Å². The van der Waals surface area contributed by atoms with E-state index in [0.717, 1.165) is 0 Å². The molecule has 3 heteroatoms. The van der Waals surface area contributed by atoms with Crippen molar-refractivity contribution in [2.45, 2.75) is 6.42 Å². The van der Waals surface area contributed by atoms with Gasteiger partial charge in [-0.1, -0.05) is 6.08 Å². The van der Waals surface area contributed by atoms with E-state index in [0.29, 0.717) is 6.42 Å². The lowest BCUT2D eigenvalue weighted by Crippen LogP contribution is -1.84. The van der Waals surface area contributed by atoms with E-state index in [2.05, 4.69) is 11.6 Å². The molecule has 0 saturated heterocycles. The van der Waals surface area contributed by atoms with Crippen molar-refractivity contribution in [3.8, 4) is 0 Å². The van der Waals surface area contributed by atoms with Crippen LogP contribution in [-0.2, 0) is 0 Å². The van der Waals surface area contributed by atoms with Gasteiger partial charge in [0.15, 0.2) is 0 Å². The van der Waals surface area contributed by atoms with Crippen molar-refractivity contribution in [1.82, 2.24) is 0 Å². The van der Waals surface area contributed by atoms with Crippen LogP contribution in [0.5, 0.6) is 0 Å². The van der Waals surface area contributed by atoms with Crippen LogP contribution in [0.3, 0.4) is 0 Å². The van der Waals surface area contributed by atoms with E-state index in [9.17, 15) is 4.79 Å². The Balaban J connectivity index is 3.34. The number of nitrogens with zero attached hydrogens (tertiary/aromatic N) is 1. The number of rotatable bonds is 2. The minimum atomic E-state index is -1.16. The van der Waals surface area contributed by atoms with Gasteiger partial charge in [-0.3, -0.25) is 0 Å². The summed E-state index contributed by atoms with van der Waals surface area (Å²) in [6.07, 6.45) is 2.21. The van der Waals surface area contributed by atoms with Crippen molar-refractivity contribution < 1.29 is 9.90 Å². The van der Waals surface area contributed by atoms with Gasteiger partial charge in [-0.2, -0.15) is 4.99 Å². The smallest absolute Gasteiger partial charge is 0.430 e. The molecule has 0 aromatic rings. The second-order valence-corrected chi connectivity index (χ2v) is 1.12. The van der Waals surface area contributed by atoms with Crippen LogP contribution in [0.4, 0.5) is 4.79 Å². The van der Waals surface area contributed by atoms with Crippen LogP contribution in [0, 0.1) is 0 Å². The Bertz CT molecular complexity index is 118. The maximum Gasteiger partial charge on any atom is 0.430 e. The maximum atomic E-state index is 9.64. The number of aliphatic imine (C=N–C) groups is 1. The zero-order chi connectivity index (χ0) is 6.41. The summed E-state index contributed by atoms with van der Waals surface area (Å²) in [4.78, 5) is 12.7. The summed E-state index contributed by atoms with van der Waals surface area (Å²) in [7, 11) is 0. The summed E-state index contributed by atoms with van der Waals surface area (Å²) in [6.45, 7) is 3.37. The first kappa shape index (κ1) is 6.88. The summed E-state index contributed by atoms with van der Waals surface area (Å²) in [6, 6.07) is 0. The molecule has 1 N–H and O–H groups in total. The van der Waals surface area contributed by atoms with Crippen molar-refractivity contribution in [2.75, 3.05) is 0 Å². The molecule has 1 amide bonds. The van der Waals surface area contributed by atoms with E-state index in [4.69, 9.17) is 5.11 Å². The number of amides is 1. The van der Waals surface area contributed by atoms with Crippen LogP contribution in [0.25, 0.3) is 0 Å².